The molecule has 0 aromatic heterocycles. The third kappa shape index (κ3) is 4.82. The van der Waals surface area contributed by atoms with Crippen molar-refractivity contribution in [3.63, 3.8) is 0 Å². The number of esters is 1. The highest BCUT2D eigenvalue weighted by Crippen LogP contribution is 2.29. The Morgan fingerprint density at radius 1 is 1.19 bits per heavy atom. The highest BCUT2D eigenvalue weighted by Gasteiger charge is 2.36. The predicted octanol–water partition coefficient (Wildman–Crippen LogP) is 2.70. The quantitative estimate of drug-likeness (QED) is 0.323. The Kier molecular flexibility index (Phi) is 6.53. The number of nitrogens with one attached hydrogen (secondary N) is 1. The SMILES string of the molecule is COC(=O)[C@H](NS(=O)(=O)c1ccccc1[N+](=O)[O-])[C@H](Cl)c1ccc(C)cc1. The lowest BCUT2D eigenvalue weighted by molar-refractivity contribution is -0.387. The third-order valence-corrected chi connectivity index (χ3v) is 5.77. The molecule has 1 N–H and O–H groups in total. The minimum Gasteiger partial charge on any atom is -0.468 e. The number of nitrogens with zero attached hydrogens (tertiary/aromatic N) is 1. The van der Waals surface area contributed by atoms with Gasteiger partial charge in [-0.1, -0.05) is 42.0 Å². The van der Waals surface area contributed by atoms with Crippen LogP contribution < -0.4 is 4.72 Å². The van der Waals surface area contributed by atoms with E-state index in [9.17, 15) is 23.3 Å². The van der Waals surface area contributed by atoms with Crippen molar-refractivity contribution in [3.05, 3.63) is 69.8 Å². The summed E-state index contributed by atoms with van der Waals surface area (Å²) in [6, 6.07) is 10.2. The Morgan fingerprint density at radius 2 is 1.78 bits per heavy atom. The van der Waals surface area contributed by atoms with Crippen LogP contribution in [-0.4, -0.2) is 32.5 Å². The number of halogens is 1. The zero-order valence-electron chi connectivity index (χ0n) is 14.5. The molecule has 0 saturated carbocycles. The molecular weight excluding hydrogens is 396 g/mol. The molecule has 0 aliphatic heterocycles. The number of rotatable bonds is 7. The number of ether oxygens (including phenoxy) is 1. The maximum atomic E-state index is 12.7. The second-order valence-corrected chi connectivity index (χ2v) is 7.81. The normalized spacial score (nSPS) is 13.6. The Morgan fingerprint density at radius 3 is 2.33 bits per heavy atom. The highest BCUT2D eigenvalue weighted by molar-refractivity contribution is 7.89. The number of sulfonamides is 1. The van der Waals surface area contributed by atoms with Crippen molar-refractivity contribution < 1.29 is 22.9 Å². The number of methoxy groups -OCH3 is 1. The van der Waals surface area contributed by atoms with Crippen molar-refractivity contribution in [1.29, 1.82) is 0 Å². The summed E-state index contributed by atoms with van der Waals surface area (Å²) >= 11 is 6.33. The summed E-state index contributed by atoms with van der Waals surface area (Å²) in [5.41, 5.74) is 0.829. The second-order valence-electron chi connectivity index (χ2n) is 5.66. The number of carbonyl (C=O) groups is 1. The number of nitro groups is 1. The van der Waals surface area contributed by atoms with Crippen LogP contribution in [0.5, 0.6) is 0 Å². The molecule has 0 fully saturated rings. The Hall–Kier alpha value is -2.49. The van der Waals surface area contributed by atoms with E-state index in [1.165, 1.54) is 12.1 Å². The lowest BCUT2D eigenvalue weighted by atomic mass is 10.0. The third-order valence-electron chi connectivity index (χ3n) is 3.78. The zero-order valence-corrected chi connectivity index (χ0v) is 16.0. The minimum atomic E-state index is -4.43. The number of aryl methyl sites for hydroxylation is 1. The summed E-state index contributed by atoms with van der Waals surface area (Å²) in [4.78, 5) is 21.9. The molecule has 144 valence electrons. The number of para-hydroxylation sites is 1. The fraction of sp³-hybridized carbons (Fsp3) is 0.235. The number of nitro benzene ring substituents is 1. The van der Waals surface area contributed by atoms with E-state index in [0.717, 1.165) is 24.8 Å². The van der Waals surface area contributed by atoms with Crippen LogP contribution in [0.3, 0.4) is 0 Å². The van der Waals surface area contributed by atoms with E-state index in [4.69, 9.17) is 11.6 Å². The maximum absolute atomic E-state index is 12.7. The molecule has 0 unspecified atom stereocenters. The van der Waals surface area contributed by atoms with Gasteiger partial charge in [0.1, 0.15) is 6.04 Å². The van der Waals surface area contributed by atoms with Gasteiger partial charge in [0.25, 0.3) is 5.69 Å². The van der Waals surface area contributed by atoms with E-state index in [2.05, 4.69) is 9.46 Å². The van der Waals surface area contributed by atoms with E-state index in [1.54, 1.807) is 24.3 Å². The molecule has 2 atom stereocenters. The Labute approximate surface area is 161 Å². The van der Waals surface area contributed by atoms with Crippen LogP contribution in [0.4, 0.5) is 5.69 Å². The van der Waals surface area contributed by atoms with Crippen LogP contribution in [0.2, 0.25) is 0 Å². The number of hydrogen-bond donors (Lipinski definition) is 1. The summed E-state index contributed by atoms with van der Waals surface area (Å²) in [7, 11) is -3.34. The number of benzene rings is 2. The minimum absolute atomic E-state index is 0.489. The van der Waals surface area contributed by atoms with Crippen molar-refractivity contribution in [2.45, 2.75) is 23.2 Å². The Balaban J connectivity index is 2.42. The number of alkyl halides is 1. The molecule has 2 aromatic rings. The number of carbonyl (C=O) groups excluding carboxylic acids is 1. The molecule has 0 bridgehead atoms. The largest absolute Gasteiger partial charge is 0.468 e. The summed E-state index contributed by atoms with van der Waals surface area (Å²) in [5, 5.41) is 10.0. The first-order valence-electron chi connectivity index (χ1n) is 7.71. The topological polar surface area (TPSA) is 116 Å². The van der Waals surface area contributed by atoms with E-state index in [0.29, 0.717) is 5.56 Å². The fourth-order valence-electron chi connectivity index (χ4n) is 2.36. The summed E-state index contributed by atoms with van der Waals surface area (Å²) in [6.45, 7) is 1.86. The smallest absolute Gasteiger partial charge is 0.325 e. The van der Waals surface area contributed by atoms with Gasteiger partial charge in [-0.2, -0.15) is 4.72 Å². The van der Waals surface area contributed by atoms with Crippen molar-refractivity contribution in [2.75, 3.05) is 7.11 Å². The fourth-order valence-corrected chi connectivity index (χ4v) is 4.12. The van der Waals surface area contributed by atoms with Crippen LogP contribution in [0.1, 0.15) is 16.5 Å². The first-order chi connectivity index (χ1) is 12.7. The molecule has 0 heterocycles. The van der Waals surface area contributed by atoms with Gasteiger partial charge in [0.05, 0.1) is 17.4 Å². The van der Waals surface area contributed by atoms with Crippen molar-refractivity contribution in [3.8, 4) is 0 Å². The molecule has 2 aromatic carbocycles. The van der Waals surface area contributed by atoms with Gasteiger partial charge in [0, 0.05) is 6.07 Å². The molecule has 27 heavy (non-hydrogen) atoms. The van der Waals surface area contributed by atoms with Crippen LogP contribution in [0.25, 0.3) is 0 Å². The molecule has 0 aliphatic rings. The average Bonchev–Trinajstić information content (AvgIpc) is 2.65. The van der Waals surface area contributed by atoms with Gasteiger partial charge in [-0.25, -0.2) is 8.42 Å². The van der Waals surface area contributed by atoms with Gasteiger partial charge in [-0.05, 0) is 18.6 Å². The maximum Gasteiger partial charge on any atom is 0.325 e. The van der Waals surface area contributed by atoms with Crippen molar-refractivity contribution in [1.82, 2.24) is 4.72 Å². The molecular formula is C17H17ClN2O6S. The molecule has 0 saturated heterocycles. The van der Waals surface area contributed by atoms with Crippen LogP contribution in [-0.2, 0) is 19.6 Å². The van der Waals surface area contributed by atoms with Gasteiger partial charge in [0.2, 0.25) is 10.0 Å². The van der Waals surface area contributed by atoms with Crippen LogP contribution in [0.15, 0.2) is 53.4 Å². The molecule has 0 spiro atoms. The monoisotopic (exact) mass is 412 g/mol. The summed E-state index contributed by atoms with van der Waals surface area (Å²) in [5.74, 6) is -0.919. The standard InChI is InChI=1S/C17H17ClN2O6S/c1-11-7-9-12(10-8-11)15(18)16(17(21)26-2)19-27(24,25)14-6-4-3-5-13(14)20(22)23/h3-10,15-16,19H,1-2H3/t15-,16-/m1/s1. The molecule has 0 amide bonds. The van der Waals surface area contributed by atoms with Crippen LogP contribution in [0, 0.1) is 17.0 Å². The van der Waals surface area contributed by atoms with Gasteiger partial charge in [0.15, 0.2) is 4.90 Å². The van der Waals surface area contributed by atoms with Gasteiger partial charge in [-0.3, -0.25) is 14.9 Å². The molecule has 8 nitrogen and oxygen atoms in total. The Bertz CT molecular complexity index is 946. The summed E-state index contributed by atoms with van der Waals surface area (Å²) in [6.07, 6.45) is 0. The van der Waals surface area contributed by atoms with E-state index in [1.807, 2.05) is 6.92 Å². The average molecular weight is 413 g/mol. The van der Waals surface area contributed by atoms with E-state index >= 15 is 0 Å². The molecule has 0 radical (unpaired) electrons. The lowest BCUT2D eigenvalue weighted by Gasteiger charge is -2.21. The first kappa shape index (κ1) is 20.8. The molecule has 10 heteroatoms. The number of hydrogen-bond acceptors (Lipinski definition) is 6. The van der Waals surface area contributed by atoms with Gasteiger partial charge >= 0.3 is 5.97 Å². The van der Waals surface area contributed by atoms with Gasteiger partial charge < -0.3 is 4.74 Å². The zero-order chi connectivity index (χ0) is 20.2. The second kappa shape index (κ2) is 8.47. The first-order valence-corrected chi connectivity index (χ1v) is 9.63. The van der Waals surface area contributed by atoms with Gasteiger partial charge in [-0.15, -0.1) is 11.6 Å². The van der Waals surface area contributed by atoms with E-state index < -0.39 is 42.9 Å². The molecule has 2 rings (SSSR count). The molecule has 0 aliphatic carbocycles. The highest BCUT2D eigenvalue weighted by atomic mass is 35.5. The summed E-state index contributed by atoms with van der Waals surface area (Å²) < 4.78 is 32.2. The lowest BCUT2D eigenvalue weighted by Crippen LogP contribution is -2.44. The van der Waals surface area contributed by atoms with Crippen molar-refractivity contribution >= 4 is 33.3 Å². The van der Waals surface area contributed by atoms with Crippen molar-refractivity contribution in [2.24, 2.45) is 0 Å². The predicted molar refractivity (Wildman–Crippen MR) is 99.0 cm³/mol. The van der Waals surface area contributed by atoms with E-state index in [-0.39, 0.29) is 0 Å². The van der Waals surface area contributed by atoms with Crippen LogP contribution >= 0.6 is 11.6 Å².